The van der Waals surface area contributed by atoms with Crippen LogP contribution in [0.15, 0.2) is 43.0 Å². The monoisotopic (exact) mass is 225 g/mol. The topological polar surface area (TPSA) is 26.3 Å². The van der Waals surface area contributed by atoms with Crippen LogP contribution in [-0.4, -0.2) is 5.97 Å². The Kier molecular flexibility index (Phi) is 5.91. The number of esters is 1. The van der Waals surface area contributed by atoms with Crippen LogP contribution in [0.2, 0.25) is 0 Å². The maximum absolute atomic E-state index is 11.1. The van der Waals surface area contributed by atoms with Crippen LogP contribution >= 0.6 is 0 Å². The van der Waals surface area contributed by atoms with Gasteiger partial charge in [-0.25, -0.2) is 11.4 Å². The molecule has 0 aliphatic carbocycles. The zero-order valence-electron chi connectivity index (χ0n) is 7.27. The number of rotatable bonds is 3. The molecule has 0 radical (unpaired) electrons. The number of hydrogen-bond acceptors (Lipinski definition) is 2. The van der Waals surface area contributed by atoms with E-state index in [9.17, 15) is 4.79 Å². The molecule has 0 atom stereocenters. The van der Waals surface area contributed by atoms with E-state index in [0.29, 0.717) is 5.56 Å². The minimum Gasteiger partial charge on any atom is -0.524 e. The Hall–Kier alpha value is -1.08. The van der Waals surface area contributed by atoms with Crippen molar-refractivity contribution in [2.24, 2.45) is 0 Å². The molecule has 0 bridgehead atoms. The van der Waals surface area contributed by atoms with Crippen molar-refractivity contribution in [2.75, 3.05) is 0 Å². The molecule has 1 rings (SSSR count). The molecule has 0 unspecified atom stereocenters. The Morgan fingerprint density at radius 3 is 2.54 bits per heavy atom. The molecular weight excluding hydrogens is 217 g/mol. The Balaban J connectivity index is 0.00000144. The van der Waals surface area contributed by atoms with Gasteiger partial charge in [0.25, 0.3) is 0 Å². The van der Waals surface area contributed by atoms with Gasteiger partial charge in [-0.05, 0) is 12.1 Å². The van der Waals surface area contributed by atoms with Gasteiger partial charge in [0, 0.05) is 19.5 Å². The fourth-order valence-corrected chi connectivity index (χ4v) is 0.752. The third kappa shape index (κ3) is 3.91. The molecule has 3 heteroatoms. The van der Waals surface area contributed by atoms with E-state index in [1.165, 1.54) is 12.7 Å². The fraction of sp³-hybridized carbons (Fsp3) is 0. The van der Waals surface area contributed by atoms with Crippen LogP contribution in [0.5, 0.6) is 0 Å². The number of carbonyl (C=O) groups excluding carboxylic acids is 1. The second kappa shape index (κ2) is 6.44. The van der Waals surface area contributed by atoms with Gasteiger partial charge in [0.05, 0.1) is 5.56 Å². The molecule has 0 heterocycles. The van der Waals surface area contributed by atoms with Gasteiger partial charge in [-0.2, -0.15) is 6.08 Å². The van der Waals surface area contributed by atoms with Crippen molar-refractivity contribution in [3.8, 4) is 0 Å². The molecule has 2 nitrogen and oxygen atoms in total. The minimum atomic E-state index is -0.365. The summed E-state index contributed by atoms with van der Waals surface area (Å²) >= 11 is 0. The summed E-state index contributed by atoms with van der Waals surface area (Å²) in [6.07, 6.45) is 1.42. The third-order valence-corrected chi connectivity index (χ3v) is 1.28. The van der Waals surface area contributed by atoms with E-state index in [0.717, 1.165) is 0 Å². The van der Waals surface area contributed by atoms with Crippen LogP contribution in [0.4, 0.5) is 0 Å². The van der Waals surface area contributed by atoms with Crippen molar-refractivity contribution in [3.63, 3.8) is 0 Å². The van der Waals surface area contributed by atoms with Crippen molar-refractivity contribution in [3.05, 3.63) is 55.2 Å². The van der Waals surface area contributed by atoms with Crippen molar-refractivity contribution in [2.45, 2.75) is 0 Å². The molecule has 0 aliphatic heterocycles. The molecule has 0 spiro atoms. The summed E-state index contributed by atoms with van der Waals surface area (Å²) in [4.78, 5) is 11.1. The molecule has 0 saturated carbocycles. The predicted molar refractivity (Wildman–Crippen MR) is 46.4 cm³/mol. The van der Waals surface area contributed by atoms with Crippen LogP contribution in [0.1, 0.15) is 10.4 Å². The van der Waals surface area contributed by atoms with Gasteiger partial charge in [-0.3, -0.25) is 0 Å². The average molecular weight is 227 g/mol. The largest absolute Gasteiger partial charge is 0.524 e. The molecule has 1 aromatic carbocycles. The van der Waals surface area contributed by atoms with E-state index in [1.54, 1.807) is 24.3 Å². The quantitative estimate of drug-likeness (QED) is 0.449. The average Bonchev–Trinajstić information content (AvgIpc) is 2.15. The molecular formula is C10H9O2Zn-. The summed E-state index contributed by atoms with van der Waals surface area (Å²) in [6.45, 7) is 4.65. The van der Waals surface area contributed by atoms with Gasteiger partial charge in [-0.15, -0.1) is 0 Å². The Morgan fingerprint density at radius 1 is 1.38 bits per heavy atom. The van der Waals surface area contributed by atoms with Crippen molar-refractivity contribution in [1.29, 1.82) is 0 Å². The number of benzene rings is 1. The van der Waals surface area contributed by atoms with Crippen molar-refractivity contribution in [1.82, 2.24) is 0 Å². The number of carbonyl (C=O) groups is 1. The molecule has 0 amide bonds. The smallest absolute Gasteiger partial charge is 0.325 e. The first kappa shape index (κ1) is 11.9. The maximum Gasteiger partial charge on any atom is 0.325 e. The second-order valence-corrected chi connectivity index (χ2v) is 2.14. The van der Waals surface area contributed by atoms with Crippen LogP contribution in [-0.2, 0) is 24.2 Å². The Bertz CT molecular complexity index is 270. The summed E-state index contributed by atoms with van der Waals surface area (Å²) in [5.41, 5.74) is 0.538. The van der Waals surface area contributed by atoms with Crippen molar-refractivity contribution < 1.29 is 29.0 Å². The van der Waals surface area contributed by atoms with Crippen LogP contribution in [0.25, 0.3) is 0 Å². The molecule has 0 saturated heterocycles. The van der Waals surface area contributed by atoms with Gasteiger partial charge >= 0.3 is 5.97 Å². The van der Waals surface area contributed by atoms with Crippen molar-refractivity contribution >= 4 is 5.97 Å². The maximum atomic E-state index is 11.1. The van der Waals surface area contributed by atoms with E-state index < -0.39 is 0 Å². The molecule has 64 valence electrons. The first-order valence-corrected chi connectivity index (χ1v) is 3.55. The minimum absolute atomic E-state index is 0. The van der Waals surface area contributed by atoms with Gasteiger partial charge in [0.2, 0.25) is 0 Å². The standard InChI is InChI=1S/C10H9O2.Zn/c1-2-8-12-10(11)9-6-4-3-5-7-9;/h2-8H,1H2;/q-1;. The summed E-state index contributed by atoms with van der Waals surface area (Å²) in [5, 5.41) is 0. The van der Waals surface area contributed by atoms with Crippen LogP contribution in [0, 0.1) is 6.61 Å². The van der Waals surface area contributed by atoms with E-state index in [-0.39, 0.29) is 25.4 Å². The molecule has 13 heavy (non-hydrogen) atoms. The zero-order valence-corrected chi connectivity index (χ0v) is 10.2. The van der Waals surface area contributed by atoms with Gasteiger partial charge < -0.3 is 4.74 Å². The van der Waals surface area contributed by atoms with Gasteiger partial charge in [-0.1, -0.05) is 24.8 Å². The molecule has 0 aliphatic rings. The Labute approximate surface area is 90.4 Å². The summed E-state index contributed by atoms with van der Waals surface area (Å²) < 4.78 is 4.70. The zero-order chi connectivity index (χ0) is 8.81. The first-order valence-electron chi connectivity index (χ1n) is 3.55. The van der Waals surface area contributed by atoms with Gasteiger partial charge in [0.1, 0.15) is 0 Å². The van der Waals surface area contributed by atoms with E-state index in [4.69, 9.17) is 4.74 Å². The van der Waals surface area contributed by atoms with Crippen LogP contribution in [0.3, 0.4) is 0 Å². The normalized spacial score (nSPS) is 8.00. The van der Waals surface area contributed by atoms with E-state index >= 15 is 0 Å². The Morgan fingerprint density at radius 2 is 2.00 bits per heavy atom. The molecule has 0 aromatic heterocycles. The summed E-state index contributed by atoms with van der Waals surface area (Å²) in [5.74, 6) is -0.365. The number of hydrogen-bond donors (Lipinski definition) is 0. The fourth-order valence-electron chi connectivity index (χ4n) is 0.752. The molecule has 0 fully saturated rings. The van der Waals surface area contributed by atoms with E-state index in [2.05, 4.69) is 6.58 Å². The van der Waals surface area contributed by atoms with Crippen LogP contribution < -0.4 is 0 Å². The molecule has 0 N–H and O–H groups in total. The summed E-state index contributed by atoms with van der Waals surface area (Å²) in [6, 6.07) is 8.79. The second-order valence-electron chi connectivity index (χ2n) is 2.14. The first-order chi connectivity index (χ1) is 5.84. The number of ether oxygens (including phenoxy) is 1. The predicted octanol–water partition coefficient (Wildman–Crippen LogP) is 2.19. The SMILES string of the molecule is C=C[CH-]OC(=O)c1ccccc1.[Zn]. The van der Waals surface area contributed by atoms with E-state index in [1.807, 2.05) is 6.07 Å². The summed E-state index contributed by atoms with van der Waals surface area (Å²) in [7, 11) is 0. The van der Waals surface area contributed by atoms with Gasteiger partial charge in [0.15, 0.2) is 0 Å². The third-order valence-electron chi connectivity index (χ3n) is 1.28. The molecule has 1 aromatic rings.